The Morgan fingerprint density at radius 2 is 1.85 bits per heavy atom. The molecule has 20 heavy (non-hydrogen) atoms. The number of ether oxygens (including phenoxy) is 1. The van der Waals surface area contributed by atoms with Crippen molar-refractivity contribution in [2.24, 2.45) is 0 Å². The number of methoxy groups -OCH3 is 1. The molecule has 106 valence electrons. The zero-order valence-electron chi connectivity index (χ0n) is 11.9. The van der Waals surface area contributed by atoms with Gasteiger partial charge in [0.05, 0.1) is 6.61 Å². The van der Waals surface area contributed by atoms with Crippen molar-refractivity contribution >= 4 is 15.9 Å². The van der Waals surface area contributed by atoms with Crippen LogP contribution in [0.4, 0.5) is 0 Å². The second kappa shape index (κ2) is 7.58. The van der Waals surface area contributed by atoms with Crippen molar-refractivity contribution in [2.45, 2.75) is 26.1 Å². The summed E-state index contributed by atoms with van der Waals surface area (Å²) in [5.41, 5.74) is 3.76. The fourth-order valence-electron chi connectivity index (χ4n) is 2.20. The van der Waals surface area contributed by atoms with E-state index < -0.39 is 0 Å². The van der Waals surface area contributed by atoms with Gasteiger partial charge in [-0.3, -0.25) is 0 Å². The summed E-state index contributed by atoms with van der Waals surface area (Å²) in [6, 6.07) is 17.1. The lowest BCUT2D eigenvalue weighted by atomic mass is 10.1. The first-order chi connectivity index (χ1) is 9.70. The maximum Gasteiger partial charge on any atom is 0.0713 e. The summed E-state index contributed by atoms with van der Waals surface area (Å²) < 4.78 is 6.31. The molecule has 2 rings (SSSR count). The second-order valence-corrected chi connectivity index (χ2v) is 5.73. The summed E-state index contributed by atoms with van der Waals surface area (Å²) in [5.74, 6) is 0. The highest BCUT2D eigenvalue weighted by molar-refractivity contribution is 9.10. The van der Waals surface area contributed by atoms with Crippen molar-refractivity contribution in [1.29, 1.82) is 0 Å². The van der Waals surface area contributed by atoms with Crippen LogP contribution in [0.15, 0.2) is 53.0 Å². The number of nitrogens with one attached hydrogen (secondary N) is 1. The van der Waals surface area contributed by atoms with Gasteiger partial charge in [-0.2, -0.15) is 0 Å². The molecule has 2 aromatic rings. The Balaban J connectivity index is 1.98. The van der Waals surface area contributed by atoms with Crippen LogP contribution in [0.2, 0.25) is 0 Å². The number of hydrogen-bond donors (Lipinski definition) is 1. The molecule has 0 bridgehead atoms. The molecule has 0 amide bonds. The van der Waals surface area contributed by atoms with E-state index in [4.69, 9.17) is 4.74 Å². The van der Waals surface area contributed by atoms with Gasteiger partial charge in [0.2, 0.25) is 0 Å². The average molecular weight is 334 g/mol. The predicted octanol–water partition coefficient (Wildman–Crippen LogP) is 4.45. The predicted molar refractivity (Wildman–Crippen MR) is 86.6 cm³/mol. The summed E-state index contributed by atoms with van der Waals surface area (Å²) >= 11 is 3.60. The van der Waals surface area contributed by atoms with Crippen molar-refractivity contribution in [3.05, 3.63) is 69.7 Å². The van der Waals surface area contributed by atoms with Gasteiger partial charge in [0.15, 0.2) is 0 Å². The van der Waals surface area contributed by atoms with Gasteiger partial charge < -0.3 is 10.1 Å². The number of rotatable bonds is 6. The van der Waals surface area contributed by atoms with E-state index in [0.717, 1.165) is 11.0 Å². The van der Waals surface area contributed by atoms with Gasteiger partial charge in [-0.25, -0.2) is 0 Å². The Morgan fingerprint density at radius 3 is 2.60 bits per heavy atom. The van der Waals surface area contributed by atoms with Crippen molar-refractivity contribution in [2.75, 3.05) is 7.11 Å². The van der Waals surface area contributed by atoms with Crippen molar-refractivity contribution in [3.8, 4) is 0 Å². The lowest BCUT2D eigenvalue weighted by molar-refractivity contribution is 0.185. The van der Waals surface area contributed by atoms with Gasteiger partial charge in [-0.05, 0) is 29.7 Å². The van der Waals surface area contributed by atoms with Gasteiger partial charge in [-0.1, -0.05) is 58.4 Å². The first-order valence-corrected chi connectivity index (χ1v) is 7.54. The summed E-state index contributed by atoms with van der Waals surface area (Å²) in [5, 5.41) is 3.55. The highest BCUT2D eigenvalue weighted by Gasteiger charge is 2.08. The van der Waals surface area contributed by atoms with Gasteiger partial charge in [0.1, 0.15) is 0 Å². The van der Waals surface area contributed by atoms with Crippen LogP contribution in [0.25, 0.3) is 0 Å². The van der Waals surface area contributed by atoms with E-state index >= 15 is 0 Å². The Bertz CT molecular complexity index is 556. The molecule has 0 aliphatic heterocycles. The lowest BCUT2D eigenvalue weighted by Gasteiger charge is -2.16. The van der Waals surface area contributed by atoms with Crippen LogP contribution in [0, 0.1) is 0 Å². The SMILES string of the molecule is COCc1cccc(CNC(C)c2ccccc2Br)c1. The topological polar surface area (TPSA) is 21.3 Å². The lowest BCUT2D eigenvalue weighted by Crippen LogP contribution is -2.18. The highest BCUT2D eigenvalue weighted by atomic mass is 79.9. The molecule has 2 nitrogen and oxygen atoms in total. The van der Waals surface area contributed by atoms with Crippen LogP contribution in [0.3, 0.4) is 0 Å². The molecule has 0 saturated carbocycles. The first kappa shape index (κ1) is 15.2. The van der Waals surface area contributed by atoms with Gasteiger partial charge >= 0.3 is 0 Å². The van der Waals surface area contributed by atoms with Gasteiger partial charge in [0, 0.05) is 24.2 Å². The van der Waals surface area contributed by atoms with Crippen LogP contribution in [-0.4, -0.2) is 7.11 Å². The van der Waals surface area contributed by atoms with Crippen molar-refractivity contribution in [3.63, 3.8) is 0 Å². The van der Waals surface area contributed by atoms with Crippen molar-refractivity contribution in [1.82, 2.24) is 5.32 Å². The van der Waals surface area contributed by atoms with E-state index in [0.29, 0.717) is 12.6 Å². The molecular formula is C17H20BrNO. The van der Waals surface area contributed by atoms with Crippen LogP contribution >= 0.6 is 15.9 Å². The summed E-state index contributed by atoms with van der Waals surface area (Å²) in [6.07, 6.45) is 0. The van der Waals surface area contributed by atoms with Crippen LogP contribution in [-0.2, 0) is 17.9 Å². The number of halogens is 1. The zero-order valence-corrected chi connectivity index (χ0v) is 13.5. The van der Waals surface area contributed by atoms with E-state index in [-0.39, 0.29) is 0 Å². The third-order valence-electron chi connectivity index (χ3n) is 3.29. The molecule has 0 aliphatic rings. The Labute approximate surface area is 129 Å². The molecule has 1 unspecified atom stereocenters. The molecule has 3 heteroatoms. The molecule has 0 aromatic heterocycles. The number of hydrogen-bond acceptors (Lipinski definition) is 2. The molecule has 1 atom stereocenters. The van der Waals surface area contributed by atoms with Crippen LogP contribution in [0.1, 0.15) is 29.7 Å². The summed E-state index contributed by atoms with van der Waals surface area (Å²) in [6.45, 7) is 3.69. The second-order valence-electron chi connectivity index (χ2n) is 4.88. The van der Waals surface area contributed by atoms with E-state index in [2.05, 4.69) is 70.6 Å². The van der Waals surface area contributed by atoms with Crippen molar-refractivity contribution < 1.29 is 4.74 Å². The third kappa shape index (κ3) is 4.17. The molecule has 0 spiro atoms. The molecule has 0 aliphatic carbocycles. The normalized spacial score (nSPS) is 12.3. The van der Waals surface area contributed by atoms with E-state index in [1.807, 2.05) is 6.07 Å². The van der Waals surface area contributed by atoms with E-state index in [9.17, 15) is 0 Å². The molecule has 0 heterocycles. The third-order valence-corrected chi connectivity index (χ3v) is 4.01. The number of benzene rings is 2. The fraction of sp³-hybridized carbons (Fsp3) is 0.294. The molecule has 1 N–H and O–H groups in total. The Morgan fingerprint density at radius 1 is 1.10 bits per heavy atom. The quantitative estimate of drug-likeness (QED) is 0.843. The largest absolute Gasteiger partial charge is 0.380 e. The molecule has 2 aromatic carbocycles. The zero-order chi connectivity index (χ0) is 14.4. The standard InChI is InChI=1S/C17H20BrNO/c1-13(16-8-3-4-9-17(16)18)19-11-14-6-5-7-15(10-14)12-20-2/h3-10,13,19H,11-12H2,1-2H3. The molecular weight excluding hydrogens is 314 g/mol. The molecule has 0 radical (unpaired) electrons. The minimum atomic E-state index is 0.302. The summed E-state index contributed by atoms with van der Waals surface area (Å²) in [4.78, 5) is 0. The highest BCUT2D eigenvalue weighted by Crippen LogP contribution is 2.23. The molecule has 0 saturated heterocycles. The smallest absolute Gasteiger partial charge is 0.0713 e. The Kier molecular flexibility index (Phi) is 5.77. The Hall–Kier alpha value is -1.16. The van der Waals surface area contributed by atoms with E-state index in [1.165, 1.54) is 16.7 Å². The molecule has 0 fully saturated rings. The fourth-order valence-corrected chi connectivity index (χ4v) is 2.83. The first-order valence-electron chi connectivity index (χ1n) is 6.75. The van der Waals surface area contributed by atoms with E-state index in [1.54, 1.807) is 7.11 Å². The van der Waals surface area contributed by atoms with Crippen LogP contribution < -0.4 is 5.32 Å². The average Bonchev–Trinajstić information content (AvgIpc) is 2.46. The van der Waals surface area contributed by atoms with Gasteiger partial charge in [-0.15, -0.1) is 0 Å². The maximum absolute atomic E-state index is 5.17. The maximum atomic E-state index is 5.17. The van der Waals surface area contributed by atoms with Gasteiger partial charge in [0.25, 0.3) is 0 Å². The monoisotopic (exact) mass is 333 g/mol. The summed E-state index contributed by atoms with van der Waals surface area (Å²) in [7, 11) is 1.72. The minimum absolute atomic E-state index is 0.302. The minimum Gasteiger partial charge on any atom is -0.380 e. The van der Waals surface area contributed by atoms with Crippen LogP contribution in [0.5, 0.6) is 0 Å².